The van der Waals surface area contributed by atoms with E-state index in [0.717, 1.165) is 12.8 Å². The molecule has 0 radical (unpaired) electrons. The summed E-state index contributed by atoms with van der Waals surface area (Å²) in [6, 6.07) is 1.98. The van der Waals surface area contributed by atoms with Gasteiger partial charge in [0.25, 0.3) is 10.1 Å². The van der Waals surface area contributed by atoms with Gasteiger partial charge in [-0.1, -0.05) is 6.42 Å². The second-order valence-electron chi connectivity index (χ2n) is 2.31. The van der Waals surface area contributed by atoms with E-state index in [1.165, 1.54) is 0 Å². The molecule has 0 aliphatic carbocycles. The fourth-order valence-electron chi connectivity index (χ4n) is 0.697. The topological polar surface area (TPSA) is 67.2 Å². The third-order valence-electron chi connectivity index (χ3n) is 1.30. The molecule has 0 saturated carbocycles. The van der Waals surface area contributed by atoms with Crippen molar-refractivity contribution in [3.8, 4) is 6.07 Å². The first-order valence-electron chi connectivity index (χ1n) is 3.55. The van der Waals surface area contributed by atoms with Crippen LogP contribution in [-0.4, -0.2) is 43.7 Å². The summed E-state index contributed by atoms with van der Waals surface area (Å²) in [5.41, 5.74) is 0. The van der Waals surface area contributed by atoms with Gasteiger partial charge in [0, 0.05) is 6.42 Å². The van der Waals surface area contributed by atoms with E-state index in [-0.39, 0.29) is 35.3 Å². The molecule has 0 atom stereocenters. The van der Waals surface area contributed by atoms with Gasteiger partial charge >= 0.3 is 29.6 Å². The SMILES string of the molecule is N#CCCCCCS(=O)(=O)OS.[NaH]. The minimum absolute atomic E-state index is 0. The Hall–Kier alpha value is 0.750. The van der Waals surface area contributed by atoms with Crippen molar-refractivity contribution in [2.24, 2.45) is 0 Å². The summed E-state index contributed by atoms with van der Waals surface area (Å²) < 4.78 is 25.3. The van der Waals surface area contributed by atoms with Crippen molar-refractivity contribution in [2.45, 2.75) is 25.7 Å². The van der Waals surface area contributed by atoms with Gasteiger partial charge < -0.3 is 0 Å². The van der Waals surface area contributed by atoms with E-state index in [1.54, 1.807) is 0 Å². The summed E-state index contributed by atoms with van der Waals surface area (Å²) in [7, 11) is -3.43. The van der Waals surface area contributed by atoms with Crippen LogP contribution in [0.4, 0.5) is 0 Å². The first kappa shape index (κ1) is 16.2. The van der Waals surface area contributed by atoms with E-state index in [2.05, 4.69) is 16.5 Å². The summed E-state index contributed by atoms with van der Waals surface area (Å²) >= 11 is 3.20. The Kier molecular flexibility index (Phi) is 11.6. The van der Waals surface area contributed by atoms with Gasteiger partial charge in [-0.3, -0.25) is 0 Å². The first-order chi connectivity index (χ1) is 5.62. The summed E-state index contributed by atoms with van der Waals surface area (Å²) in [6.07, 6.45) is 2.45. The molecule has 0 aliphatic heterocycles. The second-order valence-corrected chi connectivity index (χ2v) is 4.42. The molecular formula is C6H12NNaO3S2. The van der Waals surface area contributed by atoms with E-state index >= 15 is 0 Å². The van der Waals surface area contributed by atoms with Crippen LogP contribution in [0, 0.1) is 11.3 Å². The number of nitrogens with zero attached hydrogens (tertiary/aromatic N) is 1. The molecule has 0 aliphatic rings. The molecule has 13 heavy (non-hydrogen) atoms. The maximum atomic E-state index is 10.7. The van der Waals surface area contributed by atoms with Gasteiger partial charge in [0.2, 0.25) is 0 Å². The van der Waals surface area contributed by atoms with Crippen molar-refractivity contribution < 1.29 is 12.0 Å². The Balaban J connectivity index is 0. The van der Waals surface area contributed by atoms with E-state index in [4.69, 9.17) is 5.26 Å². The maximum absolute atomic E-state index is 10.7. The van der Waals surface area contributed by atoms with E-state index in [0.29, 0.717) is 12.8 Å². The van der Waals surface area contributed by atoms with Crippen molar-refractivity contribution in [2.75, 3.05) is 5.75 Å². The molecule has 0 aromatic carbocycles. The summed E-state index contributed by atoms with van der Waals surface area (Å²) in [4.78, 5) is 0. The van der Waals surface area contributed by atoms with Crippen LogP contribution in [0.2, 0.25) is 0 Å². The van der Waals surface area contributed by atoms with Crippen LogP contribution >= 0.6 is 12.9 Å². The fraction of sp³-hybridized carbons (Fsp3) is 0.833. The molecule has 0 fully saturated rings. The summed E-state index contributed by atoms with van der Waals surface area (Å²) in [6.45, 7) is 0. The zero-order chi connectivity index (χ0) is 9.45. The van der Waals surface area contributed by atoms with Crippen molar-refractivity contribution in [3.63, 3.8) is 0 Å². The van der Waals surface area contributed by atoms with Crippen molar-refractivity contribution in [1.82, 2.24) is 0 Å². The van der Waals surface area contributed by atoms with Crippen molar-refractivity contribution in [3.05, 3.63) is 0 Å². The Morgan fingerprint density at radius 1 is 1.31 bits per heavy atom. The number of hydrogen-bond donors (Lipinski definition) is 1. The van der Waals surface area contributed by atoms with Gasteiger partial charge in [-0.2, -0.15) is 13.7 Å². The van der Waals surface area contributed by atoms with Crippen LogP contribution in [-0.2, 0) is 13.7 Å². The molecular weight excluding hydrogens is 221 g/mol. The number of hydrogen-bond acceptors (Lipinski definition) is 5. The molecule has 0 saturated heterocycles. The van der Waals surface area contributed by atoms with Gasteiger partial charge in [0.15, 0.2) is 0 Å². The molecule has 0 amide bonds. The van der Waals surface area contributed by atoms with Gasteiger partial charge in [-0.25, -0.2) is 3.63 Å². The molecule has 0 unspecified atom stereocenters. The van der Waals surface area contributed by atoms with Crippen LogP contribution in [0.15, 0.2) is 0 Å². The Labute approximate surface area is 107 Å². The predicted octanol–water partition coefficient (Wildman–Crippen LogP) is 0.613. The fourth-order valence-corrected chi connectivity index (χ4v) is 1.55. The monoisotopic (exact) mass is 233 g/mol. The zero-order valence-electron chi connectivity index (χ0n) is 6.56. The molecule has 4 nitrogen and oxygen atoms in total. The number of unbranched alkanes of at least 4 members (excludes halogenated alkanes) is 3. The average molecular weight is 233 g/mol. The van der Waals surface area contributed by atoms with Gasteiger partial charge in [-0.15, -0.1) is 0 Å². The molecule has 0 rings (SSSR count). The molecule has 0 aromatic heterocycles. The predicted molar refractivity (Wildman–Crippen MR) is 55.1 cm³/mol. The molecule has 0 spiro atoms. The molecule has 0 N–H and O–H groups in total. The van der Waals surface area contributed by atoms with Gasteiger partial charge in [0.05, 0.1) is 11.8 Å². The standard InChI is InChI=1S/C6H11NO3S2.Na.H/c7-5-3-1-2-4-6-12(8,9)10-11;;/h11H,1-4,6H2;;. The van der Waals surface area contributed by atoms with Crippen LogP contribution in [0.5, 0.6) is 0 Å². The van der Waals surface area contributed by atoms with Gasteiger partial charge in [0.1, 0.15) is 0 Å². The molecule has 0 heterocycles. The normalized spacial score (nSPS) is 10.2. The third kappa shape index (κ3) is 10.7. The van der Waals surface area contributed by atoms with Crippen LogP contribution < -0.4 is 0 Å². The van der Waals surface area contributed by atoms with Crippen molar-refractivity contribution in [1.29, 1.82) is 5.26 Å². The second kappa shape index (κ2) is 9.31. The molecule has 72 valence electrons. The van der Waals surface area contributed by atoms with E-state index in [1.807, 2.05) is 6.07 Å². The molecule has 7 heteroatoms. The van der Waals surface area contributed by atoms with Crippen LogP contribution in [0.3, 0.4) is 0 Å². The molecule has 0 aromatic rings. The van der Waals surface area contributed by atoms with E-state index < -0.39 is 10.1 Å². The Bertz CT molecular complexity index is 247. The number of rotatable bonds is 6. The van der Waals surface area contributed by atoms with Crippen LogP contribution in [0.25, 0.3) is 0 Å². The Morgan fingerprint density at radius 2 is 1.92 bits per heavy atom. The third-order valence-corrected chi connectivity index (χ3v) is 2.99. The van der Waals surface area contributed by atoms with E-state index in [9.17, 15) is 8.42 Å². The molecule has 0 bridgehead atoms. The quantitative estimate of drug-likeness (QED) is 0.316. The summed E-state index contributed by atoms with van der Waals surface area (Å²) in [5.74, 6) is -0.0259. The van der Waals surface area contributed by atoms with Gasteiger partial charge in [-0.05, 0) is 25.8 Å². The first-order valence-corrected chi connectivity index (χ1v) is 5.49. The average Bonchev–Trinajstić information content (AvgIpc) is 2.04. The van der Waals surface area contributed by atoms with Crippen molar-refractivity contribution >= 4 is 52.6 Å². The Morgan fingerprint density at radius 3 is 2.38 bits per heavy atom. The number of nitriles is 1. The number of thiol groups is 1. The minimum atomic E-state index is -3.43. The zero-order valence-corrected chi connectivity index (χ0v) is 8.27. The summed E-state index contributed by atoms with van der Waals surface area (Å²) in [5, 5.41) is 8.17. The van der Waals surface area contributed by atoms with Crippen LogP contribution in [0.1, 0.15) is 25.7 Å².